The third-order valence-electron chi connectivity index (χ3n) is 2.54. The summed E-state index contributed by atoms with van der Waals surface area (Å²) in [5, 5.41) is 6.96. The molecule has 1 aromatic carbocycles. The van der Waals surface area contributed by atoms with Gasteiger partial charge in [-0.25, -0.2) is 4.98 Å². The highest BCUT2D eigenvalue weighted by Gasteiger charge is 2.08. The number of nitrogens with one attached hydrogen (secondary N) is 1. The van der Waals surface area contributed by atoms with Crippen molar-refractivity contribution in [2.24, 2.45) is 5.10 Å². The van der Waals surface area contributed by atoms with E-state index in [0.717, 1.165) is 32.2 Å². The maximum absolute atomic E-state index is 5.38. The summed E-state index contributed by atoms with van der Waals surface area (Å²) in [7, 11) is 1.65. The van der Waals surface area contributed by atoms with Crippen LogP contribution >= 0.6 is 27.3 Å². The highest BCUT2D eigenvalue weighted by Crippen LogP contribution is 2.30. The zero-order valence-electron chi connectivity index (χ0n) is 10.9. The third-order valence-corrected chi connectivity index (χ3v) is 4.03. The van der Waals surface area contributed by atoms with E-state index >= 15 is 0 Å². The molecule has 100 valence electrons. The van der Waals surface area contributed by atoms with Gasteiger partial charge in [-0.2, -0.15) is 5.10 Å². The number of halogens is 1. The number of methoxy groups -OCH3 is 1. The van der Waals surface area contributed by atoms with Crippen molar-refractivity contribution in [2.45, 2.75) is 13.8 Å². The van der Waals surface area contributed by atoms with Crippen molar-refractivity contribution in [3.63, 3.8) is 0 Å². The molecule has 0 fully saturated rings. The van der Waals surface area contributed by atoms with Crippen LogP contribution in [0.25, 0.3) is 0 Å². The second-order valence-corrected chi connectivity index (χ2v) is 5.69. The van der Waals surface area contributed by atoms with Gasteiger partial charge in [0.05, 0.1) is 23.5 Å². The lowest BCUT2D eigenvalue weighted by Crippen LogP contribution is -1.97. The molecule has 2 aromatic rings. The molecule has 2 rings (SSSR count). The summed E-state index contributed by atoms with van der Waals surface area (Å²) in [4.78, 5) is 4.28. The van der Waals surface area contributed by atoms with E-state index in [9.17, 15) is 0 Å². The predicted molar refractivity (Wildman–Crippen MR) is 83.5 cm³/mol. The molecule has 0 saturated carbocycles. The Hall–Kier alpha value is -1.40. The van der Waals surface area contributed by atoms with Gasteiger partial charge in [-0.1, -0.05) is 6.07 Å². The molecule has 0 spiro atoms. The molecular formula is C13H14BrN3OS. The standard InChI is InChI=1S/C13H14BrN3OS/c1-8-4-5-11(14)12(18-3)10(8)6-15-17-13-16-9(2)7-19-13/h4-7H,1-3H3,(H,16,17). The maximum atomic E-state index is 5.38. The number of aryl methyl sites for hydroxylation is 2. The molecule has 6 heteroatoms. The van der Waals surface area contributed by atoms with Gasteiger partial charge >= 0.3 is 0 Å². The summed E-state index contributed by atoms with van der Waals surface area (Å²) in [5.74, 6) is 0.779. The Bertz CT molecular complexity index is 610. The Morgan fingerprint density at radius 2 is 2.21 bits per heavy atom. The predicted octanol–water partition coefficient (Wildman–Crippen LogP) is 3.98. The van der Waals surface area contributed by atoms with Crippen LogP contribution in [0.4, 0.5) is 5.13 Å². The largest absolute Gasteiger partial charge is 0.495 e. The molecular weight excluding hydrogens is 326 g/mol. The van der Waals surface area contributed by atoms with Gasteiger partial charge in [0, 0.05) is 10.9 Å². The number of rotatable bonds is 4. The SMILES string of the molecule is COc1c(Br)ccc(C)c1C=NNc1nc(C)cs1. The Balaban J connectivity index is 2.20. The van der Waals surface area contributed by atoms with Gasteiger partial charge < -0.3 is 4.74 Å². The first-order valence-corrected chi connectivity index (χ1v) is 7.33. The van der Waals surface area contributed by atoms with Crippen LogP contribution in [-0.2, 0) is 0 Å². The number of hydrogen-bond donors (Lipinski definition) is 1. The van der Waals surface area contributed by atoms with Crippen LogP contribution in [0.3, 0.4) is 0 Å². The van der Waals surface area contributed by atoms with E-state index in [0.29, 0.717) is 0 Å². The smallest absolute Gasteiger partial charge is 0.203 e. The zero-order valence-corrected chi connectivity index (χ0v) is 13.3. The van der Waals surface area contributed by atoms with Crippen LogP contribution in [0.5, 0.6) is 5.75 Å². The maximum Gasteiger partial charge on any atom is 0.203 e. The van der Waals surface area contributed by atoms with Crippen molar-refractivity contribution in [3.05, 3.63) is 38.8 Å². The Morgan fingerprint density at radius 3 is 2.84 bits per heavy atom. The van der Waals surface area contributed by atoms with Gasteiger partial charge in [-0.3, -0.25) is 5.43 Å². The molecule has 0 unspecified atom stereocenters. The average molecular weight is 340 g/mol. The minimum absolute atomic E-state index is 0.778. The fourth-order valence-electron chi connectivity index (χ4n) is 1.60. The van der Waals surface area contributed by atoms with E-state index < -0.39 is 0 Å². The Labute approximate surface area is 124 Å². The van der Waals surface area contributed by atoms with Crippen LogP contribution in [-0.4, -0.2) is 18.3 Å². The quantitative estimate of drug-likeness (QED) is 0.677. The lowest BCUT2D eigenvalue weighted by Gasteiger charge is -2.09. The lowest BCUT2D eigenvalue weighted by atomic mass is 10.1. The highest BCUT2D eigenvalue weighted by atomic mass is 79.9. The van der Waals surface area contributed by atoms with E-state index in [2.05, 4.69) is 31.4 Å². The van der Waals surface area contributed by atoms with Gasteiger partial charge in [0.1, 0.15) is 5.75 Å². The minimum Gasteiger partial charge on any atom is -0.495 e. The van der Waals surface area contributed by atoms with Crippen molar-refractivity contribution in [1.29, 1.82) is 0 Å². The van der Waals surface area contributed by atoms with Crippen LogP contribution in [0.15, 0.2) is 27.1 Å². The van der Waals surface area contributed by atoms with Crippen molar-refractivity contribution in [2.75, 3.05) is 12.5 Å². The number of hydrogen-bond acceptors (Lipinski definition) is 5. The van der Waals surface area contributed by atoms with Gasteiger partial charge in [-0.15, -0.1) is 11.3 Å². The van der Waals surface area contributed by atoms with Gasteiger partial charge in [0.15, 0.2) is 0 Å². The molecule has 0 aliphatic rings. The topological polar surface area (TPSA) is 46.5 Å². The molecule has 0 bridgehead atoms. The summed E-state index contributed by atoms with van der Waals surface area (Å²) in [6.07, 6.45) is 1.75. The number of aromatic nitrogens is 1. The second-order valence-electron chi connectivity index (χ2n) is 3.98. The first-order valence-electron chi connectivity index (χ1n) is 5.66. The molecule has 0 atom stereocenters. The van der Waals surface area contributed by atoms with Gasteiger partial charge in [0.2, 0.25) is 5.13 Å². The monoisotopic (exact) mass is 339 g/mol. The van der Waals surface area contributed by atoms with Crippen LogP contribution in [0, 0.1) is 13.8 Å². The van der Waals surface area contributed by atoms with Crippen LogP contribution in [0.2, 0.25) is 0 Å². The summed E-state index contributed by atoms with van der Waals surface area (Å²) in [6, 6.07) is 3.98. The molecule has 19 heavy (non-hydrogen) atoms. The van der Waals surface area contributed by atoms with Crippen molar-refractivity contribution < 1.29 is 4.74 Å². The molecule has 1 heterocycles. The van der Waals surface area contributed by atoms with E-state index in [1.807, 2.05) is 31.4 Å². The minimum atomic E-state index is 0.778. The molecule has 0 amide bonds. The summed E-state index contributed by atoms with van der Waals surface area (Å²) < 4.78 is 6.29. The van der Waals surface area contributed by atoms with Gasteiger partial charge in [0.25, 0.3) is 0 Å². The number of ether oxygens (including phenoxy) is 1. The molecule has 0 saturated heterocycles. The molecule has 4 nitrogen and oxygen atoms in total. The second kappa shape index (κ2) is 6.16. The fourth-order valence-corrected chi connectivity index (χ4v) is 2.74. The summed E-state index contributed by atoms with van der Waals surface area (Å²) >= 11 is 4.99. The number of thiazole rings is 1. The fraction of sp³-hybridized carbons (Fsp3) is 0.231. The van der Waals surface area contributed by atoms with Crippen LogP contribution in [0.1, 0.15) is 16.8 Å². The zero-order chi connectivity index (χ0) is 13.8. The number of benzene rings is 1. The highest BCUT2D eigenvalue weighted by molar-refractivity contribution is 9.10. The van der Waals surface area contributed by atoms with E-state index in [1.54, 1.807) is 13.3 Å². The van der Waals surface area contributed by atoms with E-state index in [-0.39, 0.29) is 0 Å². The van der Waals surface area contributed by atoms with E-state index in [1.165, 1.54) is 11.3 Å². The lowest BCUT2D eigenvalue weighted by molar-refractivity contribution is 0.411. The molecule has 1 N–H and O–H groups in total. The summed E-state index contributed by atoms with van der Waals surface area (Å²) in [6.45, 7) is 3.97. The first kappa shape index (κ1) is 14.0. The van der Waals surface area contributed by atoms with Crippen molar-refractivity contribution in [1.82, 2.24) is 4.98 Å². The third kappa shape index (κ3) is 3.33. The van der Waals surface area contributed by atoms with E-state index in [4.69, 9.17) is 4.74 Å². The van der Waals surface area contributed by atoms with Crippen molar-refractivity contribution in [3.8, 4) is 5.75 Å². The Kier molecular flexibility index (Phi) is 4.55. The molecule has 0 radical (unpaired) electrons. The van der Waals surface area contributed by atoms with Crippen LogP contribution < -0.4 is 10.2 Å². The first-order chi connectivity index (χ1) is 9.11. The number of anilines is 1. The molecule has 0 aliphatic carbocycles. The average Bonchev–Trinajstić information content (AvgIpc) is 2.79. The normalized spacial score (nSPS) is 10.9. The number of nitrogens with zero attached hydrogens (tertiary/aromatic N) is 2. The van der Waals surface area contributed by atoms with Gasteiger partial charge in [-0.05, 0) is 41.4 Å². The van der Waals surface area contributed by atoms with Crippen molar-refractivity contribution >= 4 is 38.6 Å². The number of hydrazone groups is 1. The molecule has 0 aliphatic heterocycles. The molecule has 1 aromatic heterocycles. The summed E-state index contributed by atoms with van der Waals surface area (Å²) in [5.41, 5.74) is 5.94. The Morgan fingerprint density at radius 1 is 1.42 bits per heavy atom.